The number of carboxylic acid groups (broad SMARTS) is 1. The van der Waals surface area contributed by atoms with Crippen molar-refractivity contribution in [1.29, 1.82) is 0 Å². The van der Waals surface area contributed by atoms with Gasteiger partial charge in [-0.2, -0.15) is 0 Å². The largest absolute Gasteiger partial charge is 0.482 e. The molecule has 0 unspecified atom stereocenters. The molecule has 0 bridgehead atoms. The third-order valence-corrected chi connectivity index (χ3v) is 3.67. The molecular weight excluding hydrogens is 272 g/mol. The van der Waals surface area contributed by atoms with E-state index >= 15 is 0 Å². The van der Waals surface area contributed by atoms with Crippen molar-refractivity contribution in [2.75, 3.05) is 11.9 Å². The average molecular weight is 292 g/mol. The van der Waals surface area contributed by atoms with Gasteiger partial charge in [-0.25, -0.2) is 4.79 Å². The number of aliphatic carboxylic acids is 1. The standard InChI is InChI=1S/C15H20N2O4/c16-15(8-2-1-3-9-15)14(20)17-11-4-6-12(7-5-11)21-10-13(18)19/h4-7H,1-3,8-10,16H2,(H,17,20)(H,18,19). The molecule has 0 aromatic heterocycles. The van der Waals surface area contributed by atoms with E-state index in [1.807, 2.05) is 0 Å². The predicted molar refractivity (Wildman–Crippen MR) is 78.2 cm³/mol. The van der Waals surface area contributed by atoms with Crippen LogP contribution in [0.2, 0.25) is 0 Å². The summed E-state index contributed by atoms with van der Waals surface area (Å²) in [6.07, 6.45) is 4.50. The fourth-order valence-corrected chi connectivity index (χ4v) is 2.44. The van der Waals surface area contributed by atoms with Gasteiger partial charge in [-0.15, -0.1) is 0 Å². The SMILES string of the molecule is NC1(C(=O)Nc2ccc(OCC(=O)O)cc2)CCCCC1. The van der Waals surface area contributed by atoms with Crippen LogP contribution < -0.4 is 15.8 Å². The fourth-order valence-electron chi connectivity index (χ4n) is 2.44. The lowest BCUT2D eigenvalue weighted by Gasteiger charge is -2.31. The monoisotopic (exact) mass is 292 g/mol. The number of nitrogens with one attached hydrogen (secondary N) is 1. The molecule has 1 aliphatic carbocycles. The third kappa shape index (κ3) is 4.19. The van der Waals surface area contributed by atoms with Crippen molar-refractivity contribution in [2.24, 2.45) is 5.73 Å². The second-order valence-electron chi connectivity index (χ2n) is 5.38. The van der Waals surface area contributed by atoms with Crippen LogP contribution in [0.1, 0.15) is 32.1 Å². The number of carboxylic acids is 1. The molecule has 21 heavy (non-hydrogen) atoms. The highest BCUT2D eigenvalue weighted by atomic mass is 16.5. The van der Waals surface area contributed by atoms with E-state index in [2.05, 4.69) is 5.32 Å². The normalized spacial score (nSPS) is 17.0. The number of benzene rings is 1. The van der Waals surface area contributed by atoms with Crippen LogP contribution in [-0.2, 0) is 9.59 Å². The number of amides is 1. The lowest BCUT2D eigenvalue weighted by molar-refractivity contribution is -0.139. The predicted octanol–water partition coefficient (Wildman–Crippen LogP) is 1.75. The van der Waals surface area contributed by atoms with Crippen LogP contribution in [0.4, 0.5) is 5.69 Å². The van der Waals surface area contributed by atoms with E-state index in [0.717, 1.165) is 19.3 Å². The van der Waals surface area contributed by atoms with Crippen LogP contribution in [0, 0.1) is 0 Å². The summed E-state index contributed by atoms with van der Waals surface area (Å²) in [6.45, 7) is -0.391. The molecule has 1 aromatic carbocycles. The quantitative estimate of drug-likeness (QED) is 0.767. The van der Waals surface area contributed by atoms with Gasteiger partial charge in [0, 0.05) is 5.69 Å². The first-order valence-corrected chi connectivity index (χ1v) is 7.05. The van der Waals surface area contributed by atoms with Gasteiger partial charge in [-0.05, 0) is 37.1 Å². The summed E-state index contributed by atoms with van der Waals surface area (Å²) >= 11 is 0. The second-order valence-corrected chi connectivity index (χ2v) is 5.38. The number of ether oxygens (including phenoxy) is 1. The van der Waals surface area contributed by atoms with Gasteiger partial charge in [0.15, 0.2) is 6.61 Å². The highest BCUT2D eigenvalue weighted by molar-refractivity contribution is 5.98. The van der Waals surface area contributed by atoms with E-state index in [-0.39, 0.29) is 5.91 Å². The maximum Gasteiger partial charge on any atom is 0.341 e. The zero-order valence-electron chi connectivity index (χ0n) is 11.8. The first-order valence-electron chi connectivity index (χ1n) is 7.05. The summed E-state index contributed by atoms with van der Waals surface area (Å²) in [5, 5.41) is 11.3. The summed E-state index contributed by atoms with van der Waals surface area (Å²) < 4.78 is 5.03. The Bertz CT molecular complexity index is 507. The number of hydrogen-bond donors (Lipinski definition) is 3. The number of nitrogens with two attached hydrogens (primary N) is 1. The molecule has 1 aliphatic rings. The summed E-state index contributed by atoms with van der Waals surface area (Å²) in [5.41, 5.74) is 6.00. The second kappa shape index (κ2) is 6.58. The molecule has 0 atom stereocenters. The number of rotatable bonds is 5. The Balaban J connectivity index is 1.93. The van der Waals surface area contributed by atoms with Gasteiger partial charge >= 0.3 is 5.97 Å². The minimum atomic E-state index is -1.03. The minimum Gasteiger partial charge on any atom is -0.482 e. The van der Waals surface area contributed by atoms with Crippen molar-refractivity contribution in [3.05, 3.63) is 24.3 Å². The molecule has 0 saturated heterocycles. The Morgan fingerprint density at radius 2 is 1.81 bits per heavy atom. The molecular formula is C15H20N2O4. The number of hydrogen-bond acceptors (Lipinski definition) is 4. The van der Waals surface area contributed by atoms with Gasteiger partial charge in [0.05, 0.1) is 5.54 Å². The molecule has 4 N–H and O–H groups in total. The molecule has 1 aromatic rings. The number of carbonyl (C=O) groups is 2. The van der Waals surface area contributed by atoms with Crippen LogP contribution in [0.5, 0.6) is 5.75 Å². The highest BCUT2D eigenvalue weighted by Crippen LogP contribution is 2.27. The summed E-state index contributed by atoms with van der Waals surface area (Å²) in [6, 6.07) is 6.56. The minimum absolute atomic E-state index is 0.165. The van der Waals surface area contributed by atoms with Crippen molar-refractivity contribution >= 4 is 17.6 Å². The highest BCUT2D eigenvalue weighted by Gasteiger charge is 2.35. The molecule has 2 rings (SSSR count). The lowest BCUT2D eigenvalue weighted by atomic mass is 9.82. The Morgan fingerprint density at radius 3 is 2.38 bits per heavy atom. The first-order chi connectivity index (χ1) is 9.99. The van der Waals surface area contributed by atoms with Crippen LogP contribution in [-0.4, -0.2) is 29.1 Å². The van der Waals surface area contributed by atoms with Gasteiger partial charge in [0.1, 0.15) is 5.75 Å². The van der Waals surface area contributed by atoms with Crippen LogP contribution in [0.15, 0.2) is 24.3 Å². The van der Waals surface area contributed by atoms with Crippen LogP contribution in [0.3, 0.4) is 0 Å². The molecule has 0 heterocycles. The average Bonchev–Trinajstić information content (AvgIpc) is 2.47. The number of carbonyl (C=O) groups excluding carboxylic acids is 1. The molecule has 0 aliphatic heterocycles. The molecule has 0 radical (unpaired) electrons. The van der Waals surface area contributed by atoms with Gasteiger partial charge < -0.3 is 20.9 Å². The topological polar surface area (TPSA) is 102 Å². The fraction of sp³-hybridized carbons (Fsp3) is 0.467. The maximum absolute atomic E-state index is 12.2. The van der Waals surface area contributed by atoms with Crippen LogP contribution in [0.25, 0.3) is 0 Å². The van der Waals surface area contributed by atoms with Crippen molar-refractivity contribution in [2.45, 2.75) is 37.6 Å². The molecule has 0 spiro atoms. The Hall–Kier alpha value is -2.08. The Kier molecular flexibility index (Phi) is 4.80. The van der Waals surface area contributed by atoms with Gasteiger partial charge in [0.25, 0.3) is 0 Å². The van der Waals surface area contributed by atoms with E-state index in [9.17, 15) is 9.59 Å². The third-order valence-electron chi connectivity index (χ3n) is 3.67. The van der Waals surface area contributed by atoms with E-state index in [1.54, 1.807) is 24.3 Å². The molecule has 6 nitrogen and oxygen atoms in total. The molecule has 1 fully saturated rings. The van der Waals surface area contributed by atoms with Gasteiger partial charge in [0.2, 0.25) is 5.91 Å². The zero-order chi connectivity index (χ0) is 15.3. The van der Waals surface area contributed by atoms with E-state index < -0.39 is 18.1 Å². The smallest absolute Gasteiger partial charge is 0.341 e. The molecule has 6 heteroatoms. The van der Waals surface area contributed by atoms with Crippen molar-refractivity contribution in [3.8, 4) is 5.75 Å². The van der Waals surface area contributed by atoms with E-state index in [1.165, 1.54) is 0 Å². The van der Waals surface area contributed by atoms with Crippen molar-refractivity contribution in [3.63, 3.8) is 0 Å². The maximum atomic E-state index is 12.2. The molecule has 114 valence electrons. The van der Waals surface area contributed by atoms with Crippen molar-refractivity contribution in [1.82, 2.24) is 0 Å². The number of anilines is 1. The summed E-state index contributed by atoms with van der Waals surface area (Å²) in [4.78, 5) is 22.6. The Labute approximate surface area is 123 Å². The summed E-state index contributed by atoms with van der Waals surface area (Å²) in [5.74, 6) is -0.758. The lowest BCUT2D eigenvalue weighted by Crippen LogP contribution is -2.52. The van der Waals surface area contributed by atoms with E-state index in [4.69, 9.17) is 15.6 Å². The summed E-state index contributed by atoms with van der Waals surface area (Å²) in [7, 11) is 0. The zero-order valence-corrected chi connectivity index (χ0v) is 11.8. The van der Waals surface area contributed by atoms with Crippen molar-refractivity contribution < 1.29 is 19.4 Å². The van der Waals surface area contributed by atoms with E-state index in [0.29, 0.717) is 24.3 Å². The van der Waals surface area contributed by atoms with Gasteiger partial charge in [-0.3, -0.25) is 4.79 Å². The van der Waals surface area contributed by atoms with Crippen LogP contribution >= 0.6 is 0 Å². The molecule has 1 saturated carbocycles. The Morgan fingerprint density at radius 1 is 1.19 bits per heavy atom. The molecule has 1 amide bonds. The van der Waals surface area contributed by atoms with Gasteiger partial charge in [-0.1, -0.05) is 19.3 Å². The first kappa shape index (κ1) is 15.3.